The highest BCUT2D eigenvalue weighted by atomic mass is 127. The van der Waals surface area contributed by atoms with Crippen LogP contribution in [0.3, 0.4) is 0 Å². The van der Waals surface area contributed by atoms with E-state index in [9.17, 15) is 4.79 Å². The van der Waals surface area contributed by atoms with Gasteiger partial charge in [-0.15, -0.1) is 11.6 Å². The van der Waals surface area contributed by atoms with Crippen LogP contribution < -0.4 is 10.9 Å². The van der Waals surface area contributed by atoms with E-state index in [0.29, 0.717) is 9.39 Å². The normalized spacial score (nSPS) is 10.4. The Hall–Kier alpha value is -0.300. The lowest BCUT2D eigenvalue weighted by molar-refractivity contribution is 0.686. The molecule has 0 aliphatic carbocycles. The van der Waals surface area contributed by atoms with E-state index in [4.69, 9.17) is 11.6 Å². The number of hydrogen-bond acceptors (Lipinski definition) is 3. The number of nitrogens with zero attached hydrogens (tertiary/aromatic N) is 1. The fourth-order valence-electron chi connectivity index (χ4n) is 1.29. The zero-order chi connectivity index (χ0) is 11.8. The van der Waals surface area contributed by atoms with Gasteiger partial charge in [0.05, 0.1) is 6.33 Å². The molecule has 90 valence electrons. The molecule has 4 nitrogen and oxygen atoms in total. The number of aromatic nitrogens is 2. The summed E-state index contributed by atoms with van der Waals surface area (Å²) in [6.45, 7) is 0.842. The molecule has 0 bridgehead atoms. The summed E-state index contributed by atoms with van der Waals surface area (Å²) in [6, 6.07) is 0. The molecule has 0 aromatic carbocycles. The SMILES string of the molecule is O=c1[nH]cnc(NCCCCCCCl)c1I. The van der Waals surface area contributed by atoms with E-state index < -0.39 is 0 Å². The summed E-state index contributed by atoms with van der Waals surface area (Å²) in [4.78, 5) is 17.9. The minimum absolute atomic E-state index is 0.0970. The van der Waals surface area contributed by atoms with Gasteiger partial charge in [-0.25, -0.2) is 4.98 Å². The Bertz CT molecular complexity index is 369. The predicted molar refractivity (Wildman–Crippen MR) is 75.3 cm³/mol. The van der Waals surface area contributed by atoms with Gasteiger partial charge in [0.15, 0.2) is 0 Å². The van der Waals surface area contributed by atoms with Crippen LogP contribution in [0.1, 0.15) is 25.7 Å². The Morgan fingerprint density at radius 1 is 1.38 bits per heavy atom. The minimum atomic E-state index is -0.0970. The van der Waals surface area contributed by atoms with Gasteiger partial charge in [0.25, 0.3) is 5.56 Å². The monoisotopic (exact) mass is 355 g/mol. The maximum atomic E-state index is 11.3. The van der Waals surface area contributed by atoms with Crippen molar-refractivity contribution in [1.29, 1.82) is 0 Å². The number of aromatic amines is 1. The number of unbranched alkanes of at least 4 members (excludes halogenated alkanes) is 3. The number of H-pyrrole nitrogens is 1. The fourth-order valence-corrected chi connectivity index (χ4v) is 1.96. The second-order valence-corrected chi connectivity index (χ2v) is 4.88. The van der Waals surface area contributed by atoms with E-state index in [-0.39, 0.29) is 5.56 Å². The molecule has 0 fully saturated rings. The maximum absolute atomic E-state index is 11.3. The lowest BCUT2D eigenvalue weighted by Crippen LogP contribution is -2.15. The molecule has 0 unspecified atom stereocenters. The number of halogens is 2. The topological polar surface area (TPSA) is 57.8 Å². The zero-order valence-electron chi connectivity index (χ0n) is 8.93. The molecule has 2 N–H and O–H groups in total. The van der Waals surface area contributed by atoms with Gasteiger partial charge in [-0.1, -0.05) is 12.8 Å². The molecular formula is C10H15ClIN3O. The largest absolute Gasteiger partial charge is 0.369 e. The van der Waals surface area contributed by atoms with E-state index >= 15 is 0 Å². The second-order valence-electron chi connectivity index (χ2n) is 3.42. The maximum Gasteiger partial charge on any atom is 0.266 e. The van der Waals surface area contributed by atoms with E-state index in [0.717, 1.165) is 38.1 Å². The van der Waals surface area contributed by atoms with Crippen LogP contribution >= 0.6 is 34.2 Å². The highest BCUT2D eigenvalue weighted by Gasteiger charge is 2.03. The number of alkyl halides is 1. The van der Waals surface area contributed by atoms with Crippen molar-refractivity contribution in [2.75, 3.05) is 17.7 Å². The molecule has 0 atom stereocenters. The van der Waals surface area contributed by atoms with Crippen molar-refractivity contribution in [2.45, 2.75) is 25.7 Å². The molecule has 1 rings (SSSR count). The summed E-state index contributed by atoms with van der Waals surface area (Å²) in [5.41, 5.74) is -0.0970. The molecular weight excluding hydrogens is 340 g/mol. The summed E-state index contributed by atoms with van der Waals surface area (Å²) >= 11 is 7.58. The quantitative estimate of drug-likeness (QED) is 0.449. The number of nitrogens with one attached hydrogen (secondary N) is 2. The van der Waals surface area contributed by atoms with Crippen LogP contribution in [-0.4, -0.2) is 22.4 Å². The Labute approximate surface area is 113 Å². The summed E-state index contributed by atoms with van der Waals surface area (Å²) in [5, 5.41) is 3.16. The van der Waals surface area contributed by atoms with Crippen LogP contribution in [0.4, 0.5) is 5.82 Å². The first-order valence-corrected chi connectivity index (χ1v) is 6.90. The third-order valence-corrected chi connectivity index (χ3v) is 3.42. The summed E-state index contributed by atoms with van der Waals surface area (Å²) < 4.78 is 0.612. The molecule has 0 aliphatic heterocycles. The molecule has 0 radical (unpaired) electrons. The molecule has 0 saturated carbocycles. The molecule has 16 heavy (non-hydrogen) atoms. The van der Waals surface area contributed by atoms with Crippen LogP contribution in [-0.2, 0) is 0 Å². The molecule has 1 heterocycles. The first-order valence-electron chi connectivity index (χ1n) is 5.28. The lowest BCUT2D eigenvalue weighted by Gasteiger charge is -2.05. The van der Waals surface area contributed by atoms with Crippen LogP contribution in [0, 0.1) is 3.57 Å². The average Bonchev–Trinajstić information content (AvgIpc) is 2.29. The van der Waals surface area contributed by atoms with Crippen molar-refractivity contribution < 1.29 is 0 Å². The van der Waals surface area contributed by atoms with E-state index in [1.54, 1.807) is 0 Å². The van der Waals surface area contributed by atoms with Crippen LogP contribution in [0.5, 0.6) is 0 Å². The van der Waals surface area contributed by atoms with Gasteiger partial charge < -0.3 is 10.3 Å². The first kappa shape index (κ1) is 13.8. The zero-order valence-corrected chi connectivity index (χ0v) is 11.8. The molecule has 1 aromatic rings. The van der Waals surface area contributed by atoms with Gasteiger partial charge in [0.1, 0.15) is 9.39 Å². The van der Waals surface area contributed by atoms with Crippen molar-refractivity contribution in [2.24, 2.45) is 0 Å². The molecule has 6 heteroatoms. The molecule has 0 aliphatic rings. The molecule has 1 aromatic heterocycles. The van der Waals surface area contributed by atoms with E-state index in [1.165, 1.54) is 6.33 Å². The average molecular weight is 356 g/mol. The standard InChI is InChI=1S/C10H15ClIN3O/c11-5-3-1-2-4-6-13-9-8(12)10(16)15-7-14-9/h7H,1-6H2,(H2,13,14,15,16). The third-order valence-electron chi connectivity index (χ3n) is 2.15. The Kier molecular flexibility index (Phi) is 6.79. The van der Waals surface area contributed by atoms with Gasteiger partial charge in [0, 0.05) is 12.4 Å². The molecule has 0 spiro atoms. The number of rotatable bonds is 7. The minimum Gasteiger partial charge on any atom is -0.369 e. The second kappa shape index (κ2) is 7.89. The van der Waals surface area contributed by atoms with Crippen molar-refractivity contribution in [1.82, 2.24) is 9.97 Å². The van der Waals surface area contributed by atoms with Gasteiger partial charge in [-0.05, 0) is 35.4 Å². The number of anilines is 1. The Balaban J connectivity index is 2.27. The van der Waals surface area contributed by atoms with Gasteiger partial charge in [0.2, 0.25) is 0 Å². The van der Waals surface area contributed by atoms with Crippen molar-refractivity contribution >= 4 is 40.0 Å². The summed E-state index contributed by atoms with van der Waals surface area (Å²) in [7, 11) is 0. The first-order chi connectivity index (χ1) is 7.75. The predicted octanol–water partition coefficient (Wildman–Crippen LogP) is 2.59. The Morgan fingerprint density at radius 2 is 2.12 bits per heavy atom. The van der Waals surface area contributed by atoms with Gasteiger partial charge in [-0.3, -0.25) is 4.79 Å². The summed E-state index contributed by atoms with van der Waals surface area (Å²) in [6.07, 6.45) is 5.87. The smallest absolute Gasteiger partial charge is 0.266 e. The van der Waals surface area contributed by atoms with E-state index in [1.807, 2.05) is 22.6 Å². The fraction of sp³-hybridized carbons (Fsp3) is 0.600. The van der Waals surface area contributed by atoms with Crippen molar-refractivity contribution in [3.8, 4) is 0 Å². The van der Waals surface area contributed by atoms with Crippen molar-refractivity contribution in [3.05, 3.63) is 20.3 Å². The molecule has 0 saturated heterocycles. The lowest BCUT2D eigenvalue weighted by atomic mass is 10.2. The van der Waals surface area contributed by atoms with Crippen LogP contribution in [0.2, 0.25) is 0 Å². The highest BCUT2D eigenvalue weighted by Crippen LogP contribution is 2.09. The van der Waals surface area contributed by atoms with Crippen LogP contribution in [0.15, 0.2) is 11.1 Å². The number of hydrogen-bond donors (Lipinski definition) is 2. The molecule has 0 amide bonds. The summed E-state index contributed by atoms with van der Waals surface area (Å²) in [5.74, 6) is 1.41. The van der Waals surface area contributed by atoms with Crippen molar-refractivity contribution in [3.63, 3.8) is 0 Å². The Morgan fingerprint density at radius 3 is 2.88 bits per heavy atom. The van der Waals surface area contributed by atoms with Gasteiger partial charge >= 0.3 is 0 Å². The highest BCUT2D eigenvalue weighted by molar-refractivity contribution is 14.1. The van der Waals surface area contributed by atoms with E-state index in [2.05, 4.69) is 15.3 Å². The van der Waals surface area contributed by atoms with Gasteiger partial charge in [-0.2, -0.15) is 0 Å². The van der Waals surface area contributed by atoms with Crippen LogP contribution in [0.25, 0.3) is 0 Å². The third kappa shape index (κ3) is 4.69.